The zero-order valence-electron chi connectivity index (χ0n) is 13.1. The van der Waals surface area contributed by atoms with E-state index in [1.165, 1.54) is 11.3 Å². The van der Waals surface area contributed by atoms with Crippen molar-refractivity contribution >= 4 is 21.5 Å². The third kappa shape index (κ3) is 4.17. The summed E-state index contributed by atoms with van der Waals surface area (Å²) in [6.07, 6.45) is 1.85. The molecule has 0 bridgehead atoms. The predicted molar refractivity (Wildman–Crippen MR) is 93.3 cm³/mol. The zero-order valence-corrected chi connectivity index (χ0v) is 14.7. The fraction of sp³-hybridized carbons (Fsp3) is 0.438. The van der Waals surface area contributed by atoms with Crippen molar-refractivity contribution in [2.24, 2.45) is 5.92 Å². The Morgan fingerprint density at radius 2 is 1.96 bits per heavy atom. The van der Waals surface area contributed by atoms with Crippen LogP contribution in [0.1, 0.15) is 24.8 Å². The van der Waals surface area contributed by atoms with Gasteiger partial charge in [-0.05, 0) is 18.8 Å². The van der Waals surface area contributed by atoms with E-state index >= 15 is 0 Å². The van der Waals surface area contributed by atoms with E-state index < -0.39 is 10.2 Å². The van der Waals surface area contributed by atoms with Gasteiger partial charge in [-0.3, -0.25) is 0 Å². The molecule has 124 valence electrons. The highest BCUT2D eigenvalue weighted by Gasteiger charge is 2.26. The molecule has 1 aromatic heterocycles. The van der Waals surface area contributed by atoms with E-state index in [0.29, 0.717) is 19.0 Å². The van der Waals surface area contributed by atoms with Crippen LogP contribution in [-0.2, 0) is 16.8 Å². The minimum atomic E-state index is -3.41. The Balaban J connectivity index is 1.61. The second-order valence-corrected chi connectivity index (χ2v) is 8.60. The minimum absolute atomic E-state index is 0.242. The quantitative estimate of drug-likeness (QED) is 0.901. The van der Waals surface area contributed by atoms with Gasteiger partial charge in [0.1, 0.15) is 5.01 Å². The summed E-state index contributed by atoms with van der Waals surface area (Å²) in [7, 11) is -3.41. The van der Waals surface area contributed by atoms with E-state index in [-0.39, 0.29) is 6.54 Å². The highest BCUT2D eigenvalue weighted by atomic mass is 32.2. The van der Waals surface area contributed by atoms with Crippen LogP contribution in [0.2, 0.25) is 0 Å². The first-order valence-corrected chi connectivity index (χ1v) is 10.1. The normalized spacial score (nSPS) is 17.4. The van der Waals surface area contributed by atoms with Gasteiger partial charge in [0.2, 0.25) is 0 Å². The highest BCUT2D eigenvalue weighted by Crippen LogP contribution is 2.22. The van der Waals surface area contributed by atoms with Crippen LogP contribution in [0.5, 0.6) is 0 Å². The summed E-state index contributed by atoms with van der Waals surface area (Å²) >= 11 is 1.48. The van der Waals surface area contributed by atoms with Crippen molar-refractivity contribution in [3.05, 3.63) is 40.7 Å². The Morgan fingerprint density at radius 3 is 2.65 bits per heavy atom. The minimum Gasteiger partial charge on any atom is -0.240 e. The fourth-order valence-corrected chi connectivity index (χ4v) is 4.63. The van der Waals surface area contributed by atoms with Crippen LogP contribution in [0.3, 0.4) is 0 Å². The summed E-state index contributed by atoms with van der Waals surface area (Å²) in [5.41, 5.74) is 1.93. The topological polar surface area (TPSA) is 62.3 Å². The van der Waals surface area contributed by atoms with Crippen molar-refractivity contribution in [2.75, 3.05) is 13.1 Å². The number of benzene rings is 1. The van der Waals surface area contributed by atoms with Crippen LogP contribution in [-0.4, -0.2) is 30.8 Å². The lowest BCUT2D eigenvalue weighted by molar-refractivity contribution is 0.285. The van der Waals surface area contributed by atoms with Gasteiger partial charge < -0.3 is 0 Å². The first-order chi connectivity index (χ1) is 11.0. The Bertz CT molecular complexity index is 736. The molecule has 0 unspecified atom stereocenters. The van der Waals surface area contributed by atoms with E-state index in [1.807, 2.05) is 35.7 Å². The average Bonchev–Trinajstić information content (AvgIpc) is 3.03. The molecule has 0 amide bonds. The van der Waals surface area contributed by atoms with Crippen LogP contribution in [0, 0.1) is 5.92 Å². The molecule has 23 heavy (non-hydrogen) atoms. The summed E-state index contributed by atoms with van der Waals surface area (Å²) in [6.45, 7) is 3.61. The van der Waals surface area contributed by atoms with Crippen molar-refractivity contribution in [2.45, 2.75) is 26.3 Å². The Kier molecular flexibility index (Phi) is 5.11. The second-order valence-electron chi connectivity index (χ2n) is 5.90. The molecule has 7 heteroatoms. The van der Waals surface area contributed by atoms with Crippen molar-refractivity contribution in [1.29, 1.82) is 0 Å². The number of nitrogens with zero attached hydrogens (tertiary/aromatic N) is 2. The number of hydrogen-bond acceptors (Lipinski definition) is 4. The molecule has 0 saturated carbocycles. The van der Waals surface area contributed by atoms with Crippen molar-refractivity contribution in [3.8, 4) is 11.3 Å². The highest BCUT2D eigenvalue weighted by molar-refractivity contribution is 7.87. The Labute approximate surface area is 141 Å². The van der Waals surface area contributed by atoms with E-state index in [4.69, 9.17) is 0 Å². The van der Waals surface area contributed by atoms with Crippen molar-refractivity contribution in [1.82, 2.24) is 14.0 Å². The third-order valence-corrected chi connectivity index (χ3v) is 6.51. The Hall–Kier alpha value is -1.28. The molecule has 1 aliphatic heterocycles. The summed E-state index contributed by atoms with van der Waals surface area (Å²) < 4.78 is 28.9. The number of aromatic nitrogens is 1. The first kappa shape index (κ1) is 16.6. The van der Waals surface area contributed by atoms with Crippen molar-refractivity contribution in [3.63, 3.8) is 0 Å². The standard InChI is InChI=1S/C16H21N3O2S2/c1-13-7-9-19(10-8-13)23(20,21)17-11-16-18-15(12-22-16)14-5-3-2-4-6-14/h2-6,12-13,17H,7-11H2,1H3. The summed E-state index contributed by atoms with van der Waals surface area (Å²) in [4.78, 5) is 4.51. The van der Waals surface area contributed by atoms with E-state index in [1.54, 1.807) is 4.31 Å². The fourth-order valence-electron chi connectivity index (χ4n) is 2.60. The van der Waals surface area contributed by atoms with E-state index in [2.05, 4.69) is 16.6 Å². The van der Waals surface area contributed by atoms with Crippen LogP contribution < -0.4 is 4.72 Å². The van der Waals surface area contributed by atoms with Gasteiger partial charge in [0.05, 0.1) is 12.2 Å². The maximum absolute atomic E-state index is 12.3. The monoisotopic (exact) mass is 351 g/mol. The number of hydrogen-bond donors (Lipinski definition) is 1. The first-order valence-electron chi connectivity index (χ1n) is 7.79. The average molecular weight is 351 g/mol. The number of rotatable bonds is 5. The lowest BCUT2D eigenvalue weighted by atomic mass is 10.0. The molecule has 1 saturated heterocycles. The summed E-state index contributed by atoms with van der Waals surface area (Å²) in [6, 6.07) is 9.89. The lowest BCUT2D eigenvalue weighted by Gasteiger charge is -2.29. The molecule has 1 aromatic carbocycles. The van der Waals surface area contributed by atoms with E-state index in [0.717, 1.165) is 29.1 Å². The lowest BCUT2D eigenvalue weighted by Crippen LogP contribution is -2.44. The largest absolute Gasteiger partial charge is 0.279 e. The summed E-state index contributed by atoms with van der Waals surface area (Å²) in [5.74, 6) is 0.605. The molecule has 0 radical (unpaired) electrons. The number of piperidine rings is 1. The SMILES string of the molecule is CC1CCN(S(=O)(=O)NCc2nc(-c3ccccc3)cs2)CC1. The molecule has 0 aliphatic carbocycles. The molecule has 1 fully saturated rings. The molecule has 2 aromatic rings. The number of nitrogens with one attached hydrogen (secondary N) is 1. The van der Waals surface area contributed by atoms with Gasteiger partial charge in [-0.2, -0.15) is 17.4 Å². The van der Waals surface area contributed by atoms with Crippen LogP contribution in [0.15, 0.2) is 35.7 Å². The van der Waals surface area contributed by atoms with Gasteiger partial charge in [-0.15, -0.1) is 11.3 Å². The van der Waals surface area contributed by atoms with E-state index in [9.17, 15) is 8.42 Å². The molecular weight excluding hydrogens is 330 g/mol. The molecule has 2 heterocycles. The smallest absolute Gasteiger partial charge is 0.240 e. The van der Waals surface area contributed by atoms with Gasteiger partial charge in [-0.25, -0.2) is 4.98 Å². The number of thiazole rings is 1. The predicted octanol–water partition coefficient (Wildman–Crippen LogP) is 2.88. The molecular formula is C16H21N3O2S2. The van der Waals surface area contributed by atoms with Crippen molar-refractivity contribution < 1.29 is 8.42 Å². The second kappa shape index (κ2) is 7.09. The molecule has 3 rings (SSSR count). The molecule has 1 aliphatic rings. The van der Waals surface area contributed by atoms with Gasteiger partial charge in [0.15, 0.2) is 0 Å². The zero-order chi connectivity index (χ0) is 16.3. The van der Waals surface area contributed by atoms with Gasteiger partial charge in [0.25, 0.3) is 10.2 Å². The maximum atomic E-state index is 12.3. The molecule has 0 spiro atoms. The van der Waals surface area contributed by atoms with Crippen LogP contribution >= 0.6 is 11.3 Å². The van der Waals surface area contributed by atoms with Gasteiger partial charge >= 0.3 is 0 Å². The third-order valence-electron chi connectivity index (χ3n) is 4.11. The van der Waals surface area contributed by atoms with Gasteiger partial charge in [0, 0.05) is 24.0 Å². The van der Waals surface area contributed by atoms with Gasteiger partial charge in [-0.1, -0.05) is 37.3 Å². The van der Waals surface area contributed by atoms with Crippen LogP contribution in [0.25, 0.3) is 11.3 Å². The molecule has 5 nitrogen and oxygen atoms in total. The van der Waals surface area contributed by atoms with Crippen LogP contribution in [0.4, 0.5) is 0 Å². The molecule has 1 N–H and O–H groups in total. The summed E-state index contributed by atoms with van der Waals surface area (Å²) in [5, 5.41) is 2.74. The molecule has 0 atom stereocenters. The Morgan fingerprint density at radius 1 is 1.26 bits per heavy atom. The maximum Gasteiger partial charge on any atom is 0.279 e.